The van der Waals surface area contributed by atoms with Crippen molar-refractivity contribution in [3.63, 3.8) is 0 Å². The van der Waals surface area contributed by atoms with E-state index in [-0.39, 0.29) is 29.3 Å². The maximum absolute atomic E-state index is 13.5. The van der Waals surface area contributed by atoms with E-state index in [0.717, 1.165) is 32.5 Å². The zero-order chi connectivity index (χ0) is 27.8. The number of aromatic nitrogens is 2. The second kappa shape index (κ2) is 12.8. The Balaban J connectivity index is 1.54. The molecule has 4 rings (SSSR count). The molecule has 3 aromatic rings. The lowest BCUT2D eigenvalue weighted by atomic mass is 10.1. The molecule has 0 unspecified atom stereocenters. The Kier molecular flexibility index (Phi) is 9.02. The third-order valence-electron chi connectivity index (χ3n) is 6.25. The molecule has 39 heavy (non-hydrogen) atoms. The van der Waals surface area contributed by atoms with Crippen LogP contribution in [0.25, 0.3) is 0 Å². The Morgan fingerprint density at radius 1 is 0.795 bits per heavy atom. The number of ether oxygens (including phenoxy) is 2. The summed E-state index contributed by atoms with van der Waals surface area (Å²) in [6.45, 7) is 4.50. The van der Waals surface area contributed by atoms with E-state index in [4.69, 9.17) is 37.5 Å². The first-order valence-corrected chi connectivity index (χ1v) is 12.7. The summed E-state index contributed by atoms with van der Waals surface area (Å²) in [6, 6.07) is 11.4. The van der Waals surface area contributed by atoms with Gasteiger partial charge in [0.15, 0.2) is 0 Å². The van der Waals surface area contributed by atoms with Gasteiger partial charge in [0.05, 0.1) is 0 Å². The Hall–Kier alpha value is -4.55. The number of nitrogens with zero attached hydrogens (tertiary/aromatic N) is 4. The minimum atomic E-state index is -0.133. The van der Waals surface area contributed by atoms with Crippen LogP contribution in [0.3, 0.4) is 0 Å². The number of amides is 1. The fourth-order valence-electron chi connectivity index (χ4n) is 4.09. The van der Waals surface area contributed by atoms with Gasteiger partial charge in [-0.3, -0.25) is 20.5 Å². The molecule has 12 nitrogen and oxygen atoms in total. The summed E-state index contributed by atoms with van der Waals surface area (Å²) < 4.78 is 11.9. The van der Waals surface area contributed by atoms with E-state index in [1.54, 1.807) is 42.5 Å². The number of nitrogen functional groups attached to an aromatic ring is 2. The van der Waals surface area contributed by atoms with Gasteiger partial charge in [0.25, 0.3) is 5.91 Å². The van der Waals surface area contributed by atoms with E-state index < -0.39 is 0 Å². The molecule has 2 aromatic heterocycles. The van der Waals surface area contributed by atoms with Gasteiger partial charge in [0.1, 0.15) is 23.2 Å². The standard InChI is InChI=1S/C27H33N9O3/c28-7-1-2-8-35-9-11-36(12-10-35)27(37)20-13-21(38-23-5-3-18(16-33-23)25(29)30)15-22(14-20)39-24-6-4-19(17-34-24)26(31)32/h3-6,13-17H,1-2,7-12,28H2,(H3,29,30)(H3,31,32). The van der Waals surface area contributed by atoms with Crippen LogP contribution in [0.4, 0.5) is 0 Å². The lowest BCUT2D eigenvalue weighted by molar-refractivity contribution is 0.0635. The fourth-order valence-corrected chi connectivity index (χ4v) is 4.09. The minimum absolute atomic E-state index is 0.0971. The molecule has 1 aromatic carbocycles. The molecule has 1 aliphatic heterocycles. The number of carbonyl (C=O) groups excluding carboxylic acids is 1. The van der Waals surface area contributed by atoms with Gasteiger partial charge in [-0.25, -0.2) is 9.97 Å². The molecule has 0 saturated carbocycles. The Morgan fingerprint density at radius 2 is 1.33 bits per heavy atom. The minimum Gasteiger partial charge on any atom is -0.439 e. The van der Waals surface area contributed by atoms with Crippen molar-refractivity contribution in [1.29, 1.82) is 10.8 Å². The summed E-state index contributed by atoms with van der Waals surface area (Å²) in [6.07, 6.45) is 4.93. The number of benzene rings is 1. The Labute approximate surface area is 226 Å². The highest BCUT2D eigenvalue weighted by Crippen LogP contribution is 2.30. The molecule has 0 aliphatic carbocycles. The monoisotopic (exact) mass is 531 g/mol. The highest BCUT2D eigenvalue weighted by molar-refractivity contribution is 5.96. The topological polar surface area (TPSA) is 194 Å². The third kappa shape index (κ3) is 7.49. The average Bonchev–Trinajstić information content (AvgIpc) is 2.93. The number of hydrogen-bond donors (Lipinski definition) is 5. The Bertz CT molecular complexity index is 1230. The van der Waals surface area contributed by atoms with Crippen LogP contribution in [-0.4, -0.2) is 76.6 Å². The van der Waals surface area contributed by atoms with E-state index >= 15 is 0 Å². The summed E-state index contributed by atoms with van der Waals surface area (Å²) >= 11 is 0. The van der Waals surface area contributed by atoms with Crippen molar-refractivity contribution in [1.82, 2.24) is 19.8 Å². The van der Waals surface area contributed by atoms with Crippen molar-refractivity contribution in [2.75, 3.05) is 39.3 Å². The van der Waals surface area contributed by atoms with Gasteiger partial charge in [0, 0.05) is 73.5 Å². The van der Waals surface area contributed by atoms with E-state index in [9.17, 15) is 4.79 Å². The molecule has 1 aliphatic rings. The average molecular weight is 532 g/mol. The summed E-state index contributed by atoms with van der Waals surface area (Å²) in [5.74, 6) is 0.905. The van der Waals surface area contributed by atoms with Crippen LogP contribution < -0.4 is 26.7 Å². The molecule has 0 atom stereocenters. The van der Waals surface area contributed by atoms with Crippen molar-refractivity contribution in [2.45, 2.75) is 12.8 Å². The van der Waals surface area contributed by atoms with Crippen LogP contribution in [0.5, 0.6) is 23.3 Å². The molecule has 1 amide bonds. The molecule has 1 fully saturated rings. The van der Waals surface area contributed by atoms with Crippen molar-refractivity contribution in [3.8, 4) is 23.3 Å². The smallest absolute Gasteiger partial charge is 0.254 e. The van der Waals surface area contributed by atoms with E-state index in [1.807, 2.05) is 4.90 Å². The van der Waals surface area contributed by atoms with Gasteiger partial charge in [-0.2, -0.15) is 0 Å². The van der Waals surface area contributed by atoms with Crippen LogP contribution in [-0.2, 0) is 0 Å². The first kappa shape index (κ1) is 27.5. The van der Waals surface area contributed by atoms with Gasteiger partial charge in [-0.1, -0.05) is 0 Å². The predicted octanol–water partition coefficient (Wildman–Crippen LogP) is 2.13. The lowest BCUT2D eigenvalue weighted by Crippen LogP contribution is -2.48. The van der Waals surface area contributed by atoms with Crippen molar-refractivity contribution in [2.24, 2.45) is 17.2 Å². The molecular weight excluding hydrogens is 498 g/mol. The van der Waals surface area contributed by atoms with Gasteiger partial charge in [0.2, 0.25) is 11.8 Å². The van der Waals surface area contributed by atoms with E-state index in [0.29, 0.717) is 47.8 Å². The van der Waals surface area contributed by atoms with Crippen molar-refractivity contribution >= 4 is 17.6 Å². The predicted molar refractivity (Wildman–Crippen MR) is 148 cm³/mol. The number of piperazine rings is 1. The van der Waals surface area contributed by atoms with Crippen LogP contribution in [0.2, 0.25) is 0 Å². The van der Waals surface area contributed by atoms with Crippen LogP contribution in [0.1, 0.15) is 34.3 Å². The summed E-state index contributed by atoms with van der Waals surface area (Å²) in [7, 11) is 0. The first-order valence-electron chi connectivity index (χ1n) is 12.7. The van der Waals surface area contributed by atoms with Crippen molar-refractivity contribution < 1.29 is 14.3 Å². The lowest BCUT2D eigenvalue weighted by Gasteiger charge is -2.34. The molecule has 0 spiro atoms. The molecule has 204 valence electrons. The van der Waals surface area contributed by atoms with Gasteiger partial charge >= 0.3 is 0 Å². The van der Waals surface area contributed by atoms with Gasteiger partial charge in [-0.05, 0) is 50.2 Å². The Morgan fingerprint density at radius 3 is 1.77 bits per heavy atom. The van der Waals surface area contributed by atoms with Gasteiger partial charge < -0.3 is 31.6 Å². The quantitative estimate of drug-likeness (QED) is 0.140. The second-order valence-corrected chi connectivity index (χ2v) is 9.12. The van der Waals surface area contributed by atoms with Crippen LogP contribution in [0.15, 0.2) is 54.9 Å². The highest BCUT2D eigenvalue weighted by atomic mass is 16.5. The second-order valence-electron chi connectivity index (χ2n) is 9.12. The number of rotatable bonds is 11. The van der Waals surface area contributed by atoms with Crippen molar-refractivity contribution in [3.05, 3.63) is 71.5 Å². The highest BCUT2D eigenvalue weighted by Gasteiger charge is 2.23. The molecule has 1 saturated heterocycles. The first-order chi connectivity index (χ1) is 18.8. The SMILES string of the molecule is N=C(N)c1ccc(Oc2cc(Oc3ccc(C(=N)N)cn3)cc(C(=O)N3CCN(CCCCN)CC3)c2)nc1. The zero-order valence-electron chi connectivity index (χ0n) is 21.6. The summed E-state index contributed by atoms with van der Waals surface area (Å²) in [5.41, 5.74) is 18.0. The molecule has 3 heterocycles. The summed E-state index contributed by atoms with van der Waals surface area (Å²) in [4.78, 5) is 26.1. The third-order valence-corrected chi connectivity index (χ3v) is 6.25. The molecule has 12 heteroatoms. The molecule has 0 bridgehead atoms. The zero-order valence-corrected chi connectivity index (χ0v) is 21.6. The van der Waals surface area contributed by atoms with Crippen LogP contribution in [0, 0.1) is 10.8 Å². The number of pyridine rings is 2. The number of amidine groups is 2. The number of unbranched alkanes of at least 4 members (excludes halogenated alkanes) is 1. The number of carbonyl (C=O) groups is 1. The largest absolute Gasteiger partial charge is 0.439 e. The number of nitrogens with one attached hydrogen (secondary N) is 2. The normalized spacial score (nSPS) is 13.6. The van der Waals surface area contributed by atoms with E-state index in [2.05, 4.69) is 14.9 Å². The maximum atomic E-state index is 13.5. The molecular formula is C27H33N9O3. The molecule has 8 N–H and O–H groups in total. The van der Waals surface area contributed by atoms with Gasteiger partial charge in [-0.15, -0.1) is 0 Å². The number of hydrogen-bond acceptors (Lipinski definition) is 9. The number of nitrogens with two attached hydrogens (primary N) is 3. The fraction of sp³-hybridized carbons (Fsp3) is 0.296. The maximum Gasteiger partial charge on any atom is 0.254 e. The summed E-state index contributed by atoms with van der Waals surface area (Å²) in [5, 5.41) is 15.1. The molecule has 0 radical (unpaired) electrons. The van der Waals surface area contributed by atoms with Crippen LogP contribution >= 0.6 is 0 Å². The van der Waals surface area contributed by atoms with E-state index in [1.165, 1.54) is 12.4 Å².